The second kappa shape index (κ2) is 6.88. The second-order valence-corrected chi connectivity index (χ2v) is 6.73. The minimum absolute atomic E-state index is 0.205. The van der Waals surface area contributed by atoms with Crippen LogP contribution in [0.15, 0.2) is 17.0 Å². The number of hydrogen-bond acceptors (Lipinski definition) is 2. The SMILES string of the molecule is CCC(CC)CNS(=O)(=O)c1ccc(Cl)c(F)c1Cl. The largest absolute Gasteiger partial charge is 0.242 e. The molecule has 0 aliphatic rings. The zero-order chi connectivity index (χ0) is 14.6. The van der Waals surface area contributed by atoms with Crippen molar-refractivity contribution >= 4 is 33.2 Å². The summed E-state index contributed by atoms with van der Waals surface area (Å²) in [6.45, 7) is 4.27. The third-order valence-electron chi connectivity index (χ3n) is 3.01. The molecule has 0 amide bonds. The van der Waals surface area contributed by atoms with Gasteiger partial charge in [-0.15, -0.1) is 0 Å². The molecular formula is C12H16Cl2FNO2S. The molecule has 0 aliphatic carbocycles. The van der Waals surface area contributed by atoms with Gasteiger partial charge in [0.15, 0.2) is 5.82 Å². The summed E-state index contributed by atoms with van der Waals surface area (Å²) in [5, 5.41) is -0.687. The molecule has 1 rings (SSSR count). The molecule has 0 radical (unpaired) electrons. The quantitative estimate of drug-likeness (QED) is 0.806. The summed E-state index contributed by atoms with van der Waals surface area (Å²) in [5.41, 5.74) is 0. The van der Waals surface area contributed by atoms with Crippen LogP contribution >= 0.6 is 23.2 Å². The van der Waals surface area contributed by atoms with Crippen molar-refractivity contribution in [1.82, 2.24) is 4.72 Å². The molecule has 0 aliphatic heterocycles. The first-order chi connectivity index (χ1) is 8.83. The van der Waals surface area contributed by atoms with Crippen LogP contribution in [0.3, 0.4) is 0 Å². The molecular weight excluding hydrogens is 312 g/mol. The fourth-order valence-corrected chi connectivity index (χ4v) is 3.46. The summed E-state index contributed by atoms with van der Waals surface area (Å²) < 4.78 is 40.0. The van der Waals surface area contributed by atoms with Gasteiger partial charge in [-0.2, -0.15) is 0 Å². The van der Waals surface area contributed by atoms with Crippen LogP contribution in [0, 0.1) is 11.7 Å². The van der Waals surface area contributed by atoms with E-state index in [4.69, 9.17) is 23.2 Å². The molecule has 19 heavy (non-hydrogen) atoms. The highest BCUT2D eigenvalue weighted by molar-refractivity contribution is 7.89. The van der Waals surface area contributed by atoms with E-state index in [1.807, 2.05) is 13.8 Å². The lowest BCUT2D eigenvalue weighted by molar-refractivity contribution is 0.478. The van der Waals surface area contributed by atoms with Crippen LogP contribution in [0.1, 0.15) is 26.7 Å². The molecule has 0 atom stereocenters. The summed E-state index contributed by atoms with van der Waals surface area (Å²) in [5.74, 6) is -0.681. The highest BCUT2D eigenvalue weighted by atomic mass is 35.5. The monoisotopic (exact) mass is 327 g/mol. The smallest absolute Gasteiger partial charge is 0.211 e. The topological polar surface area (TPSA) is 46.2 Å². The van der Waals surface area contributed by atoms with Gasteiger partial charge in [0, 0.05) is 6.54 Å². The van der Waals surface area contributed by atoms with Gasteiger partial charge in [-0.05, 0) is 18.1 Å². The molecule has 0 bridgehead atoms. The number of sulfonamides is 1. The van der Waals surface area contributed by atoms with Crippen LogP contribution < -0.4 is 4.72 Å². The fourth-order valence-electron chi connectivity index (χ4n) is 1.60. The number of hydrogen-bond donors (Lipinski definition) is 1. The maximum atomic E-state index is 13.5. The van der Waals surface area contributed by atoms with E-state index in [9.17, 15) is 12.8 Å². The van der Waals surface area contributed by atoms with Crippen LogP contribution in [-0.4, -0.2) is 15.0 Å². The van der Waals surface area contributed by atoms with Gasteiger partial charge in [0.05, 0.1) is 10.0 Å². The molecule has 1 aromatic rings. The Morgan fingerprint density at radius 1 is 1.26 bits per heavy atom. The first-order valence-corrected chi connectivity index (χ1v) is 8.20. The van der Waals surface area contributed by atoms with Gasteiger partial charge in [0.2, 0.25) is 10.0 Å². The standard InChI is InChI=1S/C12H16Cl2FNO2S/c1-3-8(4-2)7-16-19(17,18)10-6-5-9(13)12(15)11(10)14/h5-6,8,16H,3-4,7H2,1-2H3. The van der Waals surface area contributed by atoms with Crippen molar-refractivity contribution in [2.45, 2.75) is 31.6 Å². The molecule has 1 aromatic carbocycles. The maximum Gasteiger partial charge on any atom is 0.242 e. The number of halogens is 3. The van der Waals surface area contributed by atoms with Crippen molar-refractivity contribution in [2.24, 2.45) is 5.92 Å². The highest BCUT2D eigenvalue weighted by Crippen LogP contribution is 2.29. The first-order valence-electron chi connectivity index (χ1n) is 5.96. The van der Waals surface area contributed by atoms with Crippen LogP contribution in [0.25, 0.3) is 0 Å². The van der Waals surface area contributed by atoms with Crippen molar-refractivity contribution in [3.8, 4) is 0 Å². The van der Waals surface area contributed by atoms with Gasteiger partial charge in [-0.1, -0.05) is 49.9 Å². The molecule has 0 aromatic heterocycles. The van der Waals surface area contributed by atoms with Gasteiger partial charge in [0.1, 0.15) is 4.90 Å². The van der Waals surface area contributed by atoms with Crippen LogP contribution in [0.5, 0.6) is 0 Å². The van der Waals surface area contributed by atoms with Crippen molar-refractivity contribution < 1.29 is 12.8 Å². The first kappa shape index (κ1) is 16.7. The molecule has 1 N–H and O–H groups in total. The van der Waals surface area contributed by atoms with E-state index in [0.29, 0.717) is 6.54 Å². The number of rotatable bonds is 6. The Morgan fingerprint density at radius 3 is 2.37 bits per heavy atom. The predicted octanol–water partition coefficient (Wildman–Crippen LogP) is 3.85. The van der Waals surface area contributed by atoms with Gasteiger partial charge >= 0.3 is 0 Å². The second-order valence-electron chi connectivity index (χ2n) is 4.21. The van der Waals surface area contributed by atoms with Crippen molar-refractivity contribution in [3.05, 3.63) is 28.0 Å². The zero-order valence-electron chi connectivity index (χ0n) is 10.7. The Kier molecular flexibility index (Phi) is 6.05. The maximum absolute atomic E-state index is 13.5. The van der Waals surface area contributed by atoms with Crippen LogP contribution in [-0.2, 0) is 10.0 Å². The third-order valence-corrected chi connectivity index (χ3v) is 5.25. The minimum Gasteiger partial charge on any atom is -0.211 e. The Balaban J connectivity index is 2.98. The lowest BCUT2D eigenvalue weighted by atomic mass is 10.0. The fraction of sp³-hybridized carbons (Fsp3) is 0.500. The molecule has 0 fully saturated rings. The van der Waals surface area contributed by atoms with Gasteiger partial charge in [-0.25, -0.2) is 17.5 Å². The lowest BCUT2D eigenvalue weighted by Gasteiger charge is -2.14. The molecule has 0 unspecified atom stereocenters. The van der Waals surface area contributed by atoms with E-state index in [-0.39, 0.29) is 15.8 Å². The molecule has 0 saturated carbocycles. The van der Waals surface area contributed by atoms with E-state index >= 15 is 0 Å². The van der Waals surface area contributed by atoms with E-state index < -0.39 is 20.9 Å². The minimum atomic E-state index is -3.83. The summed E-state index contributed by atoms with van der Waals surface area (Å²) in [7, 11) is -3.83. The molecule has 108 valence electrons. The van der Waals surface area contributed by atoms with Crippen molar-refractivity contribution in [2.75, 3.05) is 6.54 Å². The van der Waals surface area contributed by atoms with Gasteiger partial charge < -0.3 is 0 Å². The average molecular weight is 328 g/mol. The molecule has 7 heteroatoms. The Morgan fingerprint density at radius 2 is 1.84 bits per heavy atom. The number of benzene rings is 1. The normalized spacial score (nSPS) is 12.1. The Labute approximate surface area is 123 Å². The third kappa shape index (κ3) is 4.05. The summed E-state index contributed by atoms with van der Waals surface area (Å²) >= 11 is 11.2. The Hall–Kier alpha value is -0.360. The van der Waals surface area contributed by atoms with E-state index in [1.165, 1.54) is 12.1 Å². The molecule has 0 saturated heterocycles. The van der Waals surface area contributed by atoms with Gasteiger partial charge in [-0.3, -0.25) is 0 Å². The van der Waals surface area contributed by atoms with E-state index in [2.05, 4.69) is 4.72 Å². The average Bonchev–Trinajstić information content (AvgIpc) is 2.37. The Bertz CT molecular complexity index is 545. The molecule has 0 heterocycles. The summed E-state index contributed by atoms with van der Waals surface area (Å²) in [6, 6.07) is 2.37. The zero-order valence-corrected chi connectivity index (χ0v) is 13.0. The molecule has 3 nitrogen and oxygen atoms in total. The van der Waals surface area contributed by atoms with Crippen LogP contribution in [0.4, 0.5) is 4.39 Å². The van der Waals surface area contributed by atoms with E-state index in [1.54, 1.807) is 0 Å². The lowest BCUT2D eigenvalue weighted by Crippen LogP contribution is -2.29. The number of nitrogens with one attached hydrogen (secondary N) is 1. The highest BCUT2D eigenvalue weighted by Gasteiger charge is 2.22. The summed E-state index contributed by atoms with van der Waals surface area (Å²) in [6.07, 6.45) is 1.73. The van der Waals surface area contributed by atoms with Gasteiger partial charge in [0.25, 0.3) is 0 Å². The predicted molar refractivity (Wildman–Crippen MR) is 75.7 cm³/mol. The van der Waals surface area contributed by atoms with Crippen molar-refractivity contribution in [3.63, 3.8) is 0 Å². The van der Waals surface area contributed by atoms with E-state index in [0.717, 1.165) is 12.8 Å². The summed E-state index contributed by atoms with van der Waals surface area (Å²) in [4.78, 5) is -0.290. The molecule has 0 spiro atoms. The van der Waals surface area contributed by atoms with Crippen molar-refractivity contribution in [1.29, 1.82) is 0 Å². The van der Waals surface area contributed by atoms with Crippen LogP contribution in [0.2, 0.25) is 10.0 Å².